The Morgan fingerprint density at radius 2 is 1.65 bits per heavy atom. The molecule has 1 aromatic rings. The van der Waals surface area contributed by atoms with Crippen molar-refractivity contribution in [3.63, 3.8) is 0 Å². The first-order valence-corrected chi connectivity index (χ1v) is 8.78. The van der Waals surface area contributed by atoms with Crippen LogP contribution in [0, 0.1) is 0 Å². The third kappa shape index (κ3) is 3.70. The van der Waals surface area contributed by atoms with Crippen LogP contribution in [0.3, 0.4) is 0 Å². The molecule has 5 heteroatoms. The Kier molecular flexibility index (Phi) is 6.90. The van der Waals surface area contributed by atoms with Crippen LogP contribution >= 0.6 is 7.60 Å². The number of nitrogens with one attached hydrogen (secondary N) is 1. The Morgan fingerprint density at radius 3 is 2.10 bits per heavy atom. The molecule has 0 amide bonds. The lowest BCUT2D eigenvalue weighted by atomic mass is 10.1. The first-order valence-electron chi connectivity index (χ1n) is 7.23. The maximum absolute atomic E-state index is 13.2. The third-order valence-electron chi connectivity index (χ3n) is 3.20. The lowest BCUT2D eigenvalue weighted by Gasteiger charge is -2.37. The summed E-state index contributed by atoms with van der Waals surface area (Å²) in [5.74, 6) is 0. The minimum absolute atomic E-state index is 0.355. The van der Waals surface area contributed by atoms with Gasteiger partial charge in [0.15, 0.2) is 0 Å². The molecular weight excluding hydrogens is 273 g/mol. The van der Waals surface area contributed by atoms with Crippen LogP contribution in [0.15, 0.2) is 30.3 Å². The third-order valence-corrected chi connectivity index (χ3v) is 5.91. The molecule has 4 nitrogen and oxygen atoms in total. The van der Waals surface area contributed by atoms with Gasteiger partial charge in [-0.1, -0.05) is 37.3 Å². The molecule has 0 saturated carbocycles. The lowest BCUT2D eigenvalue weighted by molar-refractivity contribution is 0.189. The second kappa shape index (κ2) is 7.94. The molecule has 1 atom stereocenters. The highest BCUT2D eigenvalue weighted by atomic mass is 31.2. The summed E-state index contributed by atoms with van der Waals surface area (Å²) >= 11 is 0. The van der Waals surface area contributed by atoms with Gasteiger partial charge >= 0.3 is 7.60 Å². The summed E-state index contributed by atoms with van der Waals surface area (Å²) in [5.41, 5.74) is 0.915. The molecule has 0 saturated heterocycles. The van der Waals surface area contributed by atoms with E-state index in [1.807, 2.05) is 51.1 Å². The summed E-state index contributed by atoms with van der Waals surface area (Å²) in [7, 11) is -3.30. The predicted octanol–water partition coefficient (Wildman–Crippen LogP) is 4.13. The average molecular weight is 299 g/mol. The molecule has 0 bridgehead atoms. The summed E-state index contributed by atoms with van der Waals surface area (Å²) in [6.45, 7) is 9.08. The highest BCUT2D eigenvalue weighted by Gasteiger charge is 2.48. The normalized spacial score (nSPS) is 15.0. The molecule has 0 heterocycles. The van der Waals surface area contributed by atoms with Crippen LogP contribution < -0.4 is 5.32 Å². The Morgan fingerprint density at radius 1 is 1.10 bits per heavy atom. The van der Waals surface area contributed by atoms with Gasteiger partial charge < -0.3 is 9.05 Å². The van der Waals surface area contributed by atoms with E-state index in [-0.39, 0.29) is 0 Å². The summed E-state index contributed by atoms with van der Waals surface area (Å²) in [6.07, 6.45) is 0.945. The second-order valence-electron chi connectivity index (χ2n) is 4.70. The van der Waals surface area contributed by atoms with Crippen LogP contribution in [0.5, 0.6) is 0 Å². The Labute approximate surface area is 122 Å². The van der Waals surface area contributed by atoms with Crippen LogP contribution in [-0.4, -0.2) is 19.8 Å². The summed E-state index contributed by atoms with van der Waals surface area (Å²) in [6, 6.07) is 9.71. The highest BCUT2D eigenvalue weighted by molar-refractivity contribution is 7.55. The minimum atomic E-state index is -3.30. The Balaban J connectivity index is 3.24. The van der Waals surface area contributed by atoms with E-state index in [1.165, 1.54) is 0 Å². The Bertz CT molecular complexity index is 428. The second-order valence-corrected chi connectivity index (χ2v) is 7.10. The number of hydrogen-bond acceptors (Lipinski definition) is 4. The van der Waals surface area contributed by atoms with Crippen molar-refractivity contribution in [2.45, 2.75) is 39.4 Å². The van der Waals surface area contributed by atoms with Crippen molar-refractivity contribution >= 4 is 7.60 Å². The lowest BCUT2D eigenvalue weighted by Crippen LogP contribution is -2.41. The Hall–Kier alpha value is -0.670. The molecule has 1 aromatic carbocycles. The van der Waals surface area contributed by atoms with Crippen molar-refractivity contribution in [3.8, 4) is 0 Å². The molecule has 1 rings (SSSR count). The standard InChI is InChI=1S/C15H26NO3P/c1-5-13-16-15(4,14-11-9-8-10-12-14)20(17,18-6-2)19-7-3/h8-12,16H,5-7,13H2,1-4H3. The average Bonchev–Trinajstić information content (AvgIpc) is 2.46. The monoisotopic (exact) mass is 299 g/mol. The van der Waals surface area contributed by atoms with Gasteiger partial charge in [0.1, 0.15) is 5.28 Å². The van der Waals surface area contributed by atoms with Crippen molar-refractivity contribution in [2.24, 2.45) is 0 Å². The SMILES string of the molecule is CCCNC(C)(c1ccccc1)P(=O)(OCC)OCC. The topological polar surface area (TPSA) is 47.6 Å². The van der Waals surface area contributed by atoms with Crippen LogP contribution in [0.2, 0.25) is 0 Å². The van der Waals surface area contributed by atoms with E-state index in [0.717, 1.165) is 18.5 Å². The van der Waals surface area contributed by atoms with E-state index in [4.69, 9.17) is 9.05 Å². The van der Waals surface area contributed by atoms with E-state index in [0.29, 0.717) is 13.2 Å². The van der Waals surface area contributed by atoms with Crippen LogP contribution in [0.4, 0.5) is 0 Å². The molecular formula is C15H26NO3P. The molecule has 0 aromatic heterocycles. The predicted molar refractivity (Wildman–Crippen MR) is 82.9 cm³/mol. The van der Waals surface area contributed by atoms with Gasteiger partial charge in [0, 0.05) is 0 Å². The van der Waals surface area contributed by atoms with E-state index in [1.54, 1.807) is 0 Å². The molecule has 0 radical (unpaired) electrons. The molecule has 1 unspecified atom stereocenters. The van der Waals surface area contributed by atoms with Gasteiger partial charge in [-0.25, -0.2) is 0 Å². The summed E-state index contributed by atoms with van der Waals surface area (Å²) in [5, 5.41) is 2.52. The number of hydrogen-bond donors (Lipinski definition) is 1. The smallest absolute Gasteiger partial charge is 0.307 e. The maximum Gasteiger partial charge on any atom is 0.354 e. The van der Waals surface area contributed by atoms with Gasteiger partial charge in [-0.05, 0) is 39.3 Å². The first-order chi connectivity index (χ1) is 9.54. The minimum Gasteiger partial charge on any atom is -0.307 e. The van der Waals surface area contributed by atoms with Crippen LogP contribution in [0.1, 0.15) is 39.7 Å². The van der Waals surface area contributed by atoms with E-state index >= 15 is 0 Å². The maximum atomic E-state index is 13.2. The van der Waals surface area contributed by atoms with Crippen molar-refractivity contribution in [1.82, 2.24) is 5.32 Å². The van der Waals surface area contributed by atoms with Gasteiger partial charge in [-0.3, -0.25) is 9.88 Å². The number of rotatable bonds is 9. The van der Waals surface area contributed by atoms with Gasteiger partial charge in [0.25, 0.3) is 0 Å². The molecule has 0 aliphatic carbocycles. The molecule has 0 spiro atoms. The highest BCUT2D eigenvalue weighted by Crippen LogP contribution is 2.63. The van der Waals surface area contributed by atoms with Crippen molar-refractivity contribution in [3.05, 3.63) is 35.9 Å². The van der Waals surface area contributed by atoms with Gasteiger partial charge in [0.2, 0.25) is 0 Å². The summed E-state index contributed by atoms with van der Waals surface area (Å²) < 4.78 is 24.3. The van der Waals surface area contributed by atoms with E-state index in [9.17, 15) is 4.57 Å². The first kappa shape index (κ1) is 17.4. The van der Waals surface area contributed by atoms with Gasteiger partial charge in [-0.15, -0.1) is 0 Å². The molecule has 0 aliphatic heterocycles. The zero-order chi connectivity index (χ0) is 15.1. The van der Waals surface area contributed by atoms with Crippen LogP contribution in [0.25, 0.3) is 0 Å². The fourth-order valence-corrected chi connectivity index (χ4v) is 4.16. The zero-order valence-corrected chi connectivity index (χ0v) is 13.8. The van der Waals surface area contributed by atoms with Crippen molar-refractivity contribution < 1.29 is 13.6 Å². The largest absolute Gasteiger partial charge is 0.354 e. The molecule has 114 valence electrons. The van der Waals surface area contributed by atoms with Crippen molar-refractivity contribution in [1.29, 1.82) is 0 Å². The quantitative estimate of drug-likeness (QED) is 0.697. The summed E-state index contributed by atoms with van der Waals surface area (Å²) in [4.78, 5) is 0. The molecule has 0 aliphatic rings. The fourth-order valence-electron chi connectivity index (χ4n) is 2.12. The van der Waals surface area contributed by atoms with Gasteiger partial charge in [0.05, 0.1) is 13.2 Å². The number of benzene rings is 1. The van der Waals surface area contributed by atoms with E-state index in [2.05, 4.69) is 12.2 Å². The molecule has 0 fully saturated rings. The molecule has 20 heavy (non-hydrogen) atoms. The van der Waals surface area contributed by atoms with Gasteiger partial charge in [-0.2, -0.15) is 0 Å². The van der Waals surface area contributed by atoms with E-state index < -0.39 is 12.9 Å². The van der Waals surface area contributed by atoms with Crippen LogP contribution in [-0.2, 0) is 18.9 Å². The molecule has 1 N–H and O–H groups in total. The fraction of sp³-hybridized carbons (Fsp3) is 0.600. The van der Waals surface area contributed by atoms with Crippen molar-refractivity contribution in [2.75, 3.05) is 19.8 Å². The zero-order valence-electron chi connectivity index (χ0n) is 12.9.